The number of carbonyl (C=O) groups is 1. The van der Waals surface area contributed by atoms with Crippen molar-refractivity contribution in [2.75, 3.05) is 18.4 Å². The highest BCUT2D eigenvalue weighted by molar-refractivity contribution is 7.13. The summed E-state index contributed by atoms with van der Waals surface area (Å²) in [5, 5.41) is 5.36. The van der Waals surface area contributed by atoms with Crippen LogP contribution in [0.25, 0.3) is 11.3 Å². The average Bonchev–Trinajstić information content (AvgIpc) is 3.38. The number of nitrogens with one attached hydrogen (secondary N) is 1. The van der Waals surface area contributed by atoms with E-state index in [1.165, 1.54) is 36.4 Å². The number of nitrogens with zero attached hydrogens (tertiary/aromatic N) is 3. The van der Waals surface area contributed by atoms with Crippen LogP contribution in [0.1, 0.15) is 37.8 Å². The fourth-order valence-electron chi connectivity index (χ4n) is 3.53. The number of halogens is 2. The van der Waals surface area contributed by atoms with E-state index in [9.17, 15) is 13.6 Å². The van der Waals surface area contributed by atoms with Gasteiger partial charge in [-0.05, 0) is 44.0 Å². The second kappa shape index (κ2) is 9.65. The molecule has 0 radical (unpaired) electrons. The second-order valence-electron chi connectivity index (χ2n) is 7.89. The lowest BCUT2D eigenvalue weighted by Gasteiger charge is -2.29. The highest BCUT2D eigenvalue weighted by Crippen LogP contribution is 2.25. The number of amides is 1. The van der Waals surface area contributed by atoms with Gasteiger partial charge in [-0.1, -0.05) is 6.92 Å². The molecule has 1 fully saturated rings. The molecule has 1 saturated heterocycles. The molecule has 6 nitrogen and oxygen atoms in total. The van der Waals surface area contributed by atoms with Crippen LogP contribution in [-0.2, 0) is 17.8 Å². The molecule has 0 bridgehead atoms. The van der Waals surface area contributed by atoms with Gasteiger partial charge in [-0.25, -0.2) is 18.7 Å². The molecule has 0 spiro atoms. The maximum absolute atomic E-state index is 13.9. The van der Waals surface area contributed by atoms with Gasteiger partial charge in [0.05, 0.1) is 17.5 Å². The Labute approximate surface area is 183 Å². The summed E-state index contributed by atoms with van der Waals surface area (Å²) in [7, 11) is 0. The first-order valence-electron chi connectivity index (χ1n) is 10.3. The van der Waals surface area contributed by atoms with Crippen LogP contribution < -0.4 is 5.32 Å². The van der Waals surface area contributed by atoms with Crippen molar-refractivity contribution in [1.82, 2.24) is 14.9 Å². The molecule has 3 aromatic rings. The summed E-state index contributed by atoms with van der Waals surface area (Å²) in [5.41, 5.74) is 1.09. The molecule has 1 N–H and O–H groups in total. The first-order chi connectivity index (χ1) is 15.0. The number of piperidine rings is 1. The smallest absolute Gasteiger partial charge is 0.226 e. The Kier molecular flexibility index (Phi) is 6.72. The molecular weight excluding hydrogens is 422 g/mol. The van der Waals surface area contributed by atoms with Crippen molar-refractivity contribution in [3.05, 3.63) is 53.0 Å². The van der Waals surface area contributed by atoms with E-state index < -0.39 is 11.6 Å². The molecular formula is C22H24F2N4O2S. The standard InChI is InChI=1S/C22H24F2N4O2S/c1-14-6-8-28(9-7-14)12-16-13-31-22(26-16)27-20(29)4-5-21-25-11-19(30-21)17-3-2-15(23)10-18(17)24/h2-3,10-11,13-14H,4-9,12H2,1H3,(H,26,27,29). The zero-order chi connectivity index (χ0) is 21.8. The van der Waals surface area contributed by atoms with E-state index in [0.29, 0.717) is 11.0 Å². The average molecular weight is 447 g/mol. The van der Waals surface area contributed by atoms with Crippen LogP contribution in [0.3, 0.4) is 0 Å². The summed E-state index contributed by atoms with van der Waals surface area (Å²) >= 11 is 1.41. The molecule has 2 aromatic heterocycles. The van der Waals surface area contributed by atoms with E-state index in [1.807, 2.05) is 5.38 Å². The molecule has 9 heteroatoms. The van der Waals surface area contributed by atoms with E-state index in [0.717, 1.165) is 43.4 Å². The molecule has 4 rings (SSSR count). The third-order valence-electron chi connectivity index (χ3n) is 5.38. The maximum Gasteiger partial charge on any atom is 0.226 e. The molecule has 164 valence electrons. The fraction of sp³-hybridized carbons (Fsp3) is 0.409. The first kappa shape index (κ1) is 21.6. The van der Waals surface area contributed by atoms with E-state index in [2.05, 4.69) is 27.1 Å². The van der Waals surface area contributed by atoms with Gasteiger partial charge in [0.15, 0.2) is 16.8 Å². The molecule has 0 unspecified atom stereocenters. The number of thiazole rings is 1. The number of aromatic nitrogens is 2. The highest BCUT2D eigenvalue weighted by atomic mass is 32.1. The number of hydrogen-bond donors (Lipinski definition) is 1. The quantitative estimate of drug-likeness (QED) is 0.560. The summed E-state index contributed by atoms with van der Waals surface area (Å²) in [6.45, 7) is 5.26. The number of likely N-dealkylation sites (tertiary alicyclic amines) is 1. The zero-order valence-electron chi connectivity index (χ0n) is 17.2. The van der Waals surface area contributed by atoms with Crippen molar-refractivity contribution in [1.29, 1.82) is 0 Å². The van der Waals surface area contributed by atoms with Crippen molar-refractivity contribution in [2.24, 2.45) is 5.92 Å². The predicted molar refractivity (Wildman–Crippen MR) is 115 cm³/mol. The Morgan fingerprint density at radius 3 is 2.90 bits per heavy atom. The zero-order valence-corrected chi connectivity index (χ0v) is 18.1. The predicted octanol–water partition coefficient (Wildman–Crippen LogP) is 4.88. The molecule has 31 heavy (non-hydrogen) atoms. The topological polar surface area (TPSA) is 71.3 Å². The molecule has 1 aromatic carbocycles. The minimum absolute atomic E-state index is 0.128. The fourth-order valence-corrected chi connectivity index (χ4v) is 4.25. The van der Waals surface area contributed by atoms with Gasteiger partial charge in [0.1, 0.15) is 11.6 Å². The van der Waals surface area contributed by atoms with E-state index in [1.54, 1.807) is 0 Å². The lowest BCUT2D eigenvalue weighted by atomic mass is 9.99. The van der Waals surface area contributed by atoms with Gasteiger partial charge in [-0.2, -0.15) is 0 Å². The van der Waals surface area contributed by atoms with Crippen molar-refractivity contribution in [3.63, 3.8) is 0 Å². The van der Waals surface area contributed by atoms with E-state index in [-0.39, 0.29) is 30.1 Å². The Bertz CT molecular complexity index is 1040. The van der Waals surface area contributed by atoms with Crippen molar-refractivity contribution in [3.8, 4) is 11.3 Å². The number of carbonyl (C=O) groups excluding carboxylic acids is 1. The third kappa shape index (κ3) is 5.74. The van der Waals surface area contributed by atoms with Gasteiger partial charge >= 0.3 is 0 Å². The third-order valence-corrected chi connectivity index (χ3v) is 6.18. The summed E-state index contributed by atoms with van der Waals surface area (Å²) < 4.78 is 32.4. The first-order valence-corrected chi connectivity index (χ1v) is 11.2. The molecule has 3 heterocycles. The Hall–Kier alpha value is -2.65. The van der Waals surface area contributed by atoms with Gasteiger partial charge in [-0.15, -0.1) is 11.3 Å². The van der Waals surface area contributed by atoms with Crippen LogP contribution in [0.15, 0.2) is 34.2 Å². The largest absolute Gasteiger partial charge is 0.441 e. The van der Waals surface area contributed by atoms with Crippen LogP contribution >= 0.6 is 11.3 Å². The minimum Gasteiger partial charge on any atom is -0.441 e. The SMILES string of the molecule is CC1CCN(Cc2csc(NC(=O)CCc3ncc(-c4ccc(F)cc4F)o3)n2)CC1. The number of oxazole rings is 1. The van der Waals surface area contributed by atoms with Gasteiger partial charge in [0.25, 0.3) is 0 Å². The van der Waals surface area contributed by atoms with Crippen LogP contribution in [-0.4, -0.2) is 33.9 Å². The Balaban J connectivity index is 1.26. The van der Waals surface area contributed by atoms with Crippen LogP contribution in [0.2, 0.25) is 0 Å². The molecule has 0 atom stereocenters. The van der Waals surface area contributed by atoms with Gasteiger partial charge in [0.2, 0.25) is 5.91 Å². The number of aryl methyl sites for hydroxylation is 1. The molecule has 0 aliphatic carbocycles. The number of anilines is 1. The summed E-state index contributed by atoms with van der Waals surface area (Å²) in [5.74, 6) is -0.276. The molecule has 1 amide bonds. The maximum atomic E-state index is 13.9. The van der Waals surface area contributed by atoms with Gasteiger partial charge in [-0.3, -0.25) is 9.69 Å². The Morgan fingerprint density at radius 2 is 2.13 bits per heavy atom. The molecule has 1 aliphatic heterocycles. The lowest BCUT2D eigenvalue weighted by molar-refractivity contribution is -0.116. The van der Waals surface area contributed by atoms with Crippen LogP contribution in [0.4, 0.5) is 13.9 Å². The lowest BCUT2D eigenvalue weighted by Crippen LogP contribution is -2.32. The number of benzene rings is 1. The minimum atomic E-state index is -0.723. The number of rotatable bonds is 7. The summed E-state index contributed by atoms with van der Waals surface area (Å²) in [4.78, 5) is 23.3. The summed E-state index contributed by atoms with van der Waals surface area (Å²) in [6.07, 6.45) is 4.22. The van der Waals surface area contributed by atoms with Crippen LogP contribution in [0.5, 0.6) is 0 Å². The van der Waals surface area contributed by atoms with Gasteiger partial charge < -0.3 is 9.73 Å². The Morgan fingerprint density at radius 1 is 1.32 bits per heavy atom. The number of hydrogen-bond acceptors (Lipinski definition) is 6. The second-order valence-corrected chi connectivity index (χ2v) is 8.75. The van der Waals surface area contributed by atoms with Gasteiger partial charge in [0, 0.05) is 30.8 Å². The van der Waals surface area contributed by atoms with Crippen molar-refractivity contribution in [2.45, 2.75) is 39.2 Å². The van der Waals surface area contributed by atoms with E-state index in [4.69, 9.17) is 4.42 Å². The molecule has 0 saturated carbocycles. The van der Waals surface area contributed by atoms with Crippen molar-refractivity contribution < 1.29 is 18.0 Å². The normalized spacial score (nSPS) is 15.3. The van der Waals surface area contributed by atoms with Crippen molar-refractivity contribution >= 4 is 22.4 Å². The highest BCUT2D eigenvalue weighted by Gasteiger charge is 2.17. The molecule has 1 aliphatic rings. The van der Waals surface area contributed by atoms with Crippen LogP contribution in [0, 0.1) is 17.6 Å². The summed E-state index contributed by atoms with van der Waals surface area (Å²) in [6, 6.07) is 3.24. The van der Waals surface area contributed by atoms with E-state index >= 15 is 0 Å². The monoisotopic (exact) mass is 446 g/mol.